The van der Waals surface area contributed by atoms with Crippen LogP contribution >= 0.6 is 108 Å². The van der Waals surface area contributed by atoms with Crippen LogP contribution < -0.4 is 41.0 Å². The molecule has 9 nitrogen and oxygen atoms in total. The Hall–Kier alpha value is -2.12. The van der Waals surface area contributed by atoms with Crippen molar-refractivity contribution in [3.05, 3.63) is 207 Å². The normalized spacial score (nSPS) is 14.8. The molecule has 2 atom stereocenters. The van der Waals surface area contributed by atoms with Gasteiger partial charge in [-0.1, -0.05) is 212 Å². The first kappa shape index (κ1) is 71.9. The van der Waals surface area contributed by atoms with Gasteiger partial charge in [-0.05, 0) is 109 Å². The van der Waals surface area contributed by atoms with Gasteiger partial charge >= 0.3 is 66.4 Å². The van der Waals surface area contributed by atoms with E-state index in [1.807, 2.05) is 54.6 Å². The van der Waals surface area contributed by atoms with Crippen LogP contribution in [0, 0.1) is 13.8 Å². The van der Waals surface area contributed by atoms with Gasteiger partial charge in [-0.25, -0.2) is 0 Å². The zero-order chi connectivity index (χ0) is 53.7. The summed E-state index contributed by atoms with van der Waals surface area (Å²) in [6.07, 6.45) is 3.96. The third-order valence-corrected chi connectivity index (χ3v) is 15.4. The molecule has 0 heterocycles. The molecule has 5 N–H and O–H groups in total. The number of carbonyl (C=O) groups excluding carboxylic acids is 3. The Morgan fingerprint density at radius 1 is 0.716 bits per heavy atom. The number of halogens is 6. The van der Waals surface area contributed by atoms with E-state index in [1.54, 1.807) is 6.92 Å². The van der Waals surface area contributed by atoms with Gasteiger partial charge in [0, 0.05) is 73.0 Å². The second kappa shape index (κ2) is 39.3. The molecule has 0 spiro atoms. The number of ether oxygens (including phenoxy) is 1. The maximum atomic E-state index is 11.8. The molecule has 0 amide bonds. The summed E-state index contributed by atoms with van der Waals surface area (Å²) in [5.41, 5.74) is 24.3. The zero-order valence-electron chi connectivity index (χ0n) is 43.3. The standard InChI is InChI=1S/C16H17N.C12H14BrNO2.C10H12BrNO.C8H7Br3.C8H9Br.CO2.BHNS.B.Na.H/c1-2-13-17-16(14-9-5-3-6-10-14)15-11-7-4-8-12-15;1-2-16-11(15)12(14)6-8-4-3-5-10(13)9(8)7-12;11-9-3-1-2-7-4-10(12,6-13)5-8(7)9;9-4-6-2-1-3-8(11)7(6)5-10;1-6-4-3-5-8(9)7(6)2;2-1-3;1-2-3;;;/h3-12H,2,13H2,1H3;3-5H,2,6-7,14H2,1H3;1-3,13H,4-6,12H2;1-3H,4-5H2;3-5H,1-2H3;;3H;;;/q;;;;;;;;+1;-1. The van der Waals surface area contributed by atoms with E-state index in [0.717, 1.165) is 62.3 Å². The van der Waals surface area contributed by atoms with Crippen LogP contribution in [0.1, 0.15) is 77.3 Å². The third-order valence-electron chi connectivity index (χ3n) is 11.1. The number of aliphatic imine (C=N–C) groups is 1. The van der Waals surface area contributed by atoms with Crippen LogP contribution in [0.4, 0.5) is 0 Å². The summed E-state index contributed by atoms with van der Waals surface area (Å²) in [7, 11) is 4.34. The minimum atomic E-state index is -0.887. The SMILES string of the molecule is BrCc1cccc(Br)c1CBr.CCCN=C(c1ccccc1)c1ccccc1.CCOC(=O)C1(N)Cc2cccc(Br)c2C1.Cc1cccc(Br)c1C.NC1(CO)Cc2cccc(Br)c2C1.O=C=O.[B].[B]=NS.[H-].[Na+]. The Kier molecular flexibility index (Phi) is 38.1. The maximum absolute atomic E-state index is 11.8. The summed E-state index contributed by atoms with van der Waals surface area (Å²) >= 11 is 24.0. The third kappa shape index (κ3) is 23.9. The summed E-state index contributed by atoms with van der Waals surface area (Å²) in [6.45, 7) is 9.46. The molecule has 74 heavy (non-hydrogen) atoms. The molecule has 0 saturated heterocycles. The number of aryl methyl sites for hydroxylation is 1. The van der Waals surface area contributed by atoms with Crippen molar-refractivity contribution in [2.45, 2.75) is 81.5 Å². The Balaban J connectivity index is 0. The molecule has 6 aromatic rings. The van der Waals surface area contributed by atoms with Crippen LogP contribution in [0.2, 0.25) is 0 Å². The second-order valence-corrected chi connectivity index (χ2v) is 21.1. The van der Waals surface area contributed by atoms with Crippen LogP contribution in [-0.4, -0.2) is 69.8 Å². The fourth-order valence-electron chi connectivity index (χ4n) is 7.33. The number of benzene rings is 6. The first-order valence-electron chi connectivity index (χ1n) is 22.6. The van der Waals surface area contributed by atoms with Gasteiger partial charge in [0.05, 0.1) is 18.9 Å². The minimum absolute atomic E-state index is 0. The molecular weight excluding hydrogens is 1350 g/mol. The molecule has 6 aromatic carbocycles. The second-order valence-electron chi connectivity index (χ2n) is 16.3. The van der Waals surface area contributed by atoms with Gasteiger partial charge in [0.2, 0.25) is 0 Å². The van der Waals surface area contributed by atoms with Crippen LogP contribution in [0.15, 0.2) is 161 Å². The Labute approximate surface area is 520 Å². The number of fused-ring (bicyclic) bond motifs is 2. The molecular formula is C55H61B2Br6N4NaO5S. The number of aliphatic hydroxyl groups is 1. The number of thiol groups is 1. The largest absolute Gasteiger partial charge is 1.00 e. The Bertz CT molecular complexity index is 2640. The van der Waals surface area contributed by atoms with E-state index in [0.29, 0.717) is 19.4 Å². The Morgan fingerprint density at radius 2 is 1.18 bits per heavy atom. The van der Waals surface area contributed by atoms with Crippen molar-refractivity contribution in [2.75, 3.05) is 19.8 Å². The number of aliphatic hydroxyl groups excluding tert-OH is 1. The molecule has 2 unspecified atom stereocenters. The number of nitrogens with two attached hydrogens (primary N) is 2. The molecule has 19 heteroatoms. The first-order chi connectivity index (χ1) is 34.5. The molecule has 0 aliphatic heterocycles. The van der Waals surface area contributed by atoms with Crippen molar-refractivity contribution in [3.63, 3.8) is 0 Å². The van der Waals surface area contributed by atoms with Gasteiger partial charge in [0.1, 0.15) is 5.54 Å². The number of nitrogens with zero attached hydrogens (tertiary/aromatic N) is 2. The van der Waals surface area contributed by atoms with Crippen molar-refractivity contribution in [3.8, 4) is 0 Å². The van der Waals surface area contributed by atoms with Gasteiger partial charge in [-0.2, -0.15) is 9.59 Å². The van der Waals surface area contributed by atoms with Crippen molar-refractivity contribution in [2.24, 2.45) is 20.8 Å². The number of carbonyl (C=O) groups is 1. The average molecular weight is 1410 g/mol. The Morgan fingerprint density at radius 3 is 1.58 bits per heavy atom. The first-order valence-corrected chi connectivity index (χ1v) is 28.5. The van der Waals surface area contributed by atoms with Crippen LogP contribution in [-0.2, 0) is 55.5 Å². The van der Waals surface area contributed by atoms with E-state index < -0.39 is 11.1 Å². The van der Waals surface area contributed by atoms with Gasteiger partial charge in [0.15, 0.2) is 0 Å². The van der Waals surface area contributed by atoms with Crippen molar-refractivity contribution >= 4 is 142 Å². The van der Waals surface area contributed by atoms with Gasteiger partial charge in [-0.15, -0.1) is 0 Å². The van der Waals surface area contributed by atoms with E-state index in [1.165, 1.54) is 53.5 Å². The van der Waals surface area contributed by atoms with Gasteiger partial charge < -0.3 is 22.7 Å². The summed E-state index contributed by atoms with van der Waals surface area (Å²) in [4.78, 5) is 32.7. The van der Waals surface area contributed by atoms with Crippen LogP contribution in [0.3, 0.4) is 0 Å². The molecule has 2 aliphatic carbocycles. The molecule has 0 aromatic heterocycles. The predicted molar refractivity (Wildman–Crippen MR) is 326 cm³/mol. The topological polar surface area (TPSA) is 157 Å². The van der Waals surface area contributed by atoms with E-state index in [2.05, 4.69) is 220 Å². The number of hydrogen-bond acceptors (Lipinski definition) is 10. The van der Waals surface area contributed by atoms with E-state index in [4.69, 9.17) is 35.9 Å². The average Bonchev–Trinajstić information content (AvgIpc) is 3.94. The van der Waals surface area contributed by atoms with Gasteiger partial charge in [-0.3, -0.25) is 9.79 Å². The molecule has 0 bridgehead atoms. The minimum Gasteiger partial charge on any atom is -1.00 e. The monoisotopic (exact) mass is 1410 g/mol. The number of alkyl halides is 2. The number of esters is 1. The fraction of sp³-hybridized carbons (Fsp3) is 0.291. The molecule has 8 rings (SSSR count). The van der Waals surface area contributed by atoms with Crippen LogP contribution in [0.5, 0.6) is 0 Å². The summed E-state index contributed by atoms with van der Waals surface area (Å²) in [5, 5.41) is 11.0. The van der Waals surface area contributed by atoms with E-state index in [9.17, 15) is 4.79 Å². The van der Waals surface area contributed by atoms with Gasteiger partial charge in [0.25, 0.3) is 0 Å². The zero-order valence-corrected chi connectivity index (χ0v) is 54.7. The number of hydrogen-bond donors (Lipinski definition) is 4. The smallest absolute Gasteiger partial charge is 1.00 e. The van der Waals surface area contributed by atoms with E-state index >= 15 is 0 Å². The van der Waals surface area contributed by atoms with Crippen molar-refractivity contribution in [1.29, 1.82) is 0 Å². The summed E-state index contributed by atoms with van der Waals surface area (Å²) in [5.74, 6) is -0.307. The van der Waals surface area contributed by atoms with Crippen LogP contribution in [0.25, 0.3) is 0 Å². The van der Waals surface area contributed by atoms with Crippen molar-refractivity contribution in [1.82, 2.24) is 0 Å². The van der Waals surface area contributed by atoms with Crippen molar-refractivity contribution < 1.29 is 55.2 Å². The molecule has 0 saturated carbocycles. The fourth-order valence-corrected chi connectivity index (χ4v) is 11.0. The van der Waals surface area contributed by atoms with E-state index in [-0.39, 0.29) is 58.1 Å². The molecule has 386 valence electrons. The molecule has 0 fully saturated rings. The predicted octanol–water partition coefficient (Wildman–Crippen LogP) is 10.6. The molecule has 2 aliphatic rings. The molecule has 4 radical (unpaired) electrons. The summed E-state index contributed by atoms with van der Waals surface area (Å²) in [6, 6.07) is 45.2. The summed E-state index contributed by atoms with van der Waals surface area (Å²) < 4.78 is 12.2. The quantitative estimate of drug-likeness (QED) is 0.0369. The maximum Gasteiger partial charge on any atom is 1.00 e. The number of rotatable bonds is 9.